The third kappa shape index (κ3) is 49.3. The fourth-order valence-electron chi connectivity index (χ4n) is 7.56. The Labute approximate surface area is 453 Å². The predicted octanol–water partition coefficient (Wildman–Crippen LogP) is 21.0. The zero-order valence-electron chi connectivity index (χ0n) is 50.0. The second-order valence-corrected chi connectivity index (χ2v) is 22.7. The molecule has 406 valence electrons. The largest absolute Gasteiger partial charge is 0.374 e. The van der Waals surface area contributed by atoms with Crippen molar-refractivity contribution in [2.75, 3.05) is 0 Å². The Morgan fingerprint density at radius 3 is 1.12 bits per heavy atom. The molecule has 0 aromatic heterocycles. The Morgan fingerprint density at radius 1 is 0.493 bits per heavy atom. The van der Waals surface area contributed by atoms with Crippen molar-refractivity contribution >= 4 is 5.78 Å². The van der Waals surface area contributed by atoms with Crippen molar-refractivity contribution in [1.29, 1.82) is 0 Å². The van der Waals surface area contributed by atoms with E-state index in [4.69, 9.17) is 11.2 Å². The summed E-state index contributed by atoms with van der Waals surface area (Å²) in [6.07, 6.45) is 19.3. The smallest absolute Gasteiger partial charge is 0.130 e. The molecular weight excluding hydrogens is 885 g/mol. The molecule has 6 rings (SSSR count). The second kappa shape index (κ2) is 47.0. The van der Waals surface area contributed by atoms with E-state index in [2.05, 4.69) is 216 Å². The Morgan fingerprint density at radius 2 is 0.877 bits per heavy atom. The van der Waals surface area contributed by atoms with Gasteiger partial charge in [-0.2, -0.15) is 0 Å². The van der Waals surface area contributed by atoms with Crippen LogP contribution in [-0.4, -0.2) is 11.9 Å². The van der Waals surface area contributed by atoms with Gasteiger partial charge in [-0.15, -0.1) is 12.3 Å². The minimum Gasteiger partial charge on any atom is -0.374 e. The SMILES string of the molecule is C#CCC(C)C.CC(=O)CC(C)C.CC(C)C1CCCCC1.CC(C)CCc1ccccc1.CC(C)Cc1ccccc1.CC(C)Cc1ccccc1.CC(C)OCc1ccccc1.CC(C)c1ccccc1. The van der Waals surface area contributed by atoms with Crippen molar-refractivity contribution < 1.29 is 9.53 Å². The van der Waals surface area contributed by atoms with Gasteiger partial charge in [-0.25, -0.2) is 0 Å². The summed E-state index contributed by atoms with van der Waals surface area (Å²) in [6.45, 7) is 37.4. The number of Topliss-reactive ketones (excluding diaryl/α,β-unsaturated/α-hetero) is 1. The van der Waals surface area contributed by atoms with Crippen molar-refractivity contribution in [3.63, 3.8) is 0 Å². The molecule has 0 N–H and O–H groups in total. The standard InChI is InChI=1S/C11H16.C10H14O.2C10H14.C9H18.C9H12.C6H12O.C6H10/c1-10(2)8-9-11-6-4-3-5-7-11;1-9(2)11-8-10-6-4-3-5-7-10;2*1-9(2)8-10-6-4-3-5-7-10;2*1-8(2)9-6-4-3-5-7-9;1-5(2)4-6(3)7;1-4-5-6(2)3/h3-7,10H,8-9H2,1-2H3;3-7,9H,8H2,1-2H3;2*3-7,9H,8H2,1-2H3;8-9H,3-7H2,1-2H3;3-8H,1-2H3;5H,4H2,1-3H3;1,6H,5H2,2-3H3. The van der Waals surface area contributed by atoms with Crippen LogP contribution in [0.3, 0.4) is 0 Å². The summed E-state index contributed by atoms with van der Waals surface area (Å²) >= 11 is 0. The van der Waals surface area contributed by atoms with Crippen LogP contribution in [0.2, 0.25) is 0 Å². The maximum Gasteiger partial charge on any atom is 0.130 e. The van der Waals surface area contributed by atoms with Gasteiger partial charge in [0.1, 0.15) is 5.78 Å². The number of carbonyl (C=O) groups is 1. The van der Waals surface area contributed by atoms with E-state index in [1.54, 1.807) is 6.92 Å². The van der Waals surface area contributed by atoms with E-state index in [0.717, 1.165) is 49.0 Å². The fraction of sp³-hybridized carbons (Fsp3) is 0.535. The second-order valence-electron chi connectivity index (χ2n) is 22.7. The van der Waals surface area contributed by atoms with Crippen LogP contribution in [0, 0.1) is 53.8 Å². The fourth-order valence-corrected chi connectivity index (χ4v) is 7.56. The number of carbonyl (C=O) groups excluding carboxylic acids is 1. The van der Waals surface area contributed by atoms with Crippen LogP contribution < -0.4 is 0 Å². The molecule has 2 heteroatoms. The number of rotatable bonds is 15. The summed E-state index contributed by atoms with van der Waals surface area (Å²) in [6, 6.07) is 52.6. The molecule has 0 spiro atoms. The lowest BCUT2D eigenvalue weighted by molar-refractivity contribution is -0.117. The highest BCUT2D eigenvalue weighted by atomic mass is 16.5. The molecule has 1 saturated carbocycles. The summed E-state index contributed by atoms with van der Waals surface area (Å²) in [5.41, 5.74) is 7.00. The van der Waals surface area contributed by atoms with E-state index in [1.807, 2.05) is 52.0 Å². The van der Waals surface area contributed by atoms with Crippen molar-refractivity contribution in [3.05, 3.63) is 179 Å². The maximum atomic E-state index is 10.3. The zero-order chi connectivity index (χ0) is 55.2. The molecule has 0 heterocycles. The highest BCUT2D eigenvalue weighted by Gasteiger charge is 2.15. The van der Waals surface area contributed by atoms with Crippen molar-refractivity contribution in [2.45, 2.75) is 207 Å². The zero-order valence-corrected chi connectivity index (χ0v) is 50.0. The van der Waals surface area contributed by atoms with E-state index in [1.165, 1.54) is 85.6 Å². The average molecular weight is 996 g/mol. The van der Waals surface area contributed by atoms with Gasteiger partial charge in [-0.3, -0.25) is 0 Å². The average Bonchev–Trinajstić information content (AvgIpc) is 3.35. The molecule has 1 fully saturated rings. The van der Waals surface area contributed by atoms with Crippen molar-refractivity contribution in [3.8, 4) is 12.3 Å². The molecule has 0 bridgehead atoms. The summed E-state index contributed by atoms with van der Waals surface area (Å²) < 4.78 is 5.43. The van der Waals surface area contributed by atoms with Crippen LogP contribution >= 0.6 is 0 Å². The number of hydrogen-bond donors (Lipinski definition) is 0. The monoisotopic (exact) mass is 995 g/mol. The van der Waals surface area contributed by atoms with Gasteiger partial charge in [0.2, 0.25) is 0 Å². The first-order valence-electron chi connectivity index (χ1n) is 28.4. The molecule has 0 saturated heterocycles. The van der Waals surface area contributed by atoms with Gasteiger partial charge in [-0.1, -0.05) is 281 Å². The van der Waals surface area contributed by atoms with Crippen LogP contribution in [0.1, 0.15) is 203 Å². The minimum atomic E-state index is 0.287. The summed E-state index contributed by atoms with van der Waals surface area (Å²) in [7, 11) is 0. The molecule has 0 amide bonds. The van der Waals surface area contributed by atoms with Crippen LogP contribution in [0.4, 0.5) is 0 Å². The van der Waals surface area contributed by atoms with Crippen LogP contribution in [0.25, 0.3) is 0 Å². The van der Waals surface area contributed by atoms with Gasteiger partial charge in [-0.05, 0) is 122 Å². The van der Waals surface area contributed by atoms with Crippen LogP contribution in [0.5, 0.6) is 0 Å². The van der Waals surface area contributed by atoms with E-state index in [0.29, 0.717) is 23.9 Å². The molecule has 1 aliphatic carbocycles. The molecule has 5 aromatic carbocycles. The van der Waals surface area contributed by atoms with E-state index in [9.17, 15) is 4.79 Å². The third-order valence-corrected chi connectivity index (χ3v) is 11.5. The minimum absolute atomic E-state index is 0.287. The molecule has 1 aliphatic rings. The van der Waals surface area contributed by atoms with Gasteiger partial charge < -0.3 is 9.53 Å². The maximum absolute atomic E-state index is 10.3. The quantitative estimate of drug-likeness (QED) is 0.0977. The lowest BCUT2D eigenvalue weighted by Gasteiger charge is -2.24. The number of hydrogen-bond acceptors (Lipinski definition) is 2. The van der Waals surface area contributed by atoms with Crippen LogP contribution in [0.15, 0.2) is 152 Å². The van der Waals surface area contributed by atoms with Crippen molar-refractivity contribution in [2.24, 2.45) is 41.4 Å². The van der Waals surface area contributed by atoms with Crippen molar-refractivity contribution in [1.82, 2.24) is 0 Å². The van der Waals surface area contributed by atoms with Crippen LogP contribution in [-0.2, 0) is 35.4 Å². The molecule has 0 atom stereocenters. The first-order valence-corrected chi connectivity index (χ1v) is 28.4. The van der Waals surface area contributed by atoms with Gasteiger partial charge in [0, 0.05) is 12.8 Å². The number of aryl methyl sites for hydroxylation is 1. The molecule has 2 nitrogen and oxygen atoms in total. The van der Waals surface area contributed by atoms with Gasteiger partial charge in [0.05, 0.1) is 12.7 Å². The molecule has 0 radical (unpaired) electrons. The normalized spacial score (nSPS) is 11.7. The number of ketones is 1. The molecular formula is C71H110O2. The van der Waals surface area contributed by atoms with Gasteiger partial charge >= 0.3 is 0 Å². The topological polar surface area (TPSA) is 26.3 Å². The highest BCUT2D eigenvalue weighted by Crippen LogP contribution is 2.29. The van der Waals surface area contributed by atoms with Gasteiger partial charge in [0.15, 0.2) is 0 Å². The number of ether oxygens (including phenoxy) is 1. The molecule has 5 aromatic rings. The van der Waals surface area contributed by atoms with E-state index < -0.39 is 0 Å². The lowest BCUT2D eigenvalue weighted by Crippen LogP contribution is -2.12. The number of benzene rings is 5. The van der Waals surface area contributed by atoms with Gasteiger partial charge in [0.25, 0.3) is 0 Å². The Kier molecular flexibility index (Phi) is 45.3. The first-order chi connectivity index (χ1) is 34.7. The Bertz CT molecular complexity index is 1840. The lowest BCUT2D eigenvalue weighted by atomic mass is 9.82. The molecule has 73 heavy (non-hydrogen) atoms. The molecule has 0 aliphatic heterocycles. The molecule has 0 unspecified atom stereocenters. The Hall–Kier alpha value is -4.71. The first kappa shape index (κ1) is 70.4. The van der Waals surface area contributed by atoms with E-state index >= 15 is 0 Å². The summed E-state index contributed by atoms with van der Waals surface area (Å²) in [5, 5.41) is 0. The van der Waals surface area contributed by atoms with E-state index in [-0.39, 0.29) is 5.78 Å². The predicted molar refractivity (Wildman–Crippen MR) is 326 cm³/mol. The summed E-state index contributed by atoms with van der Waals surface area (Å²) in [4.78, 5) is 10.3. The Balaban J connectivity index is 0. The summed E-state index contributed by atoms with van der Waals surface area (Å²) in [5.74, 6) is 9.04. The third-order valence-electron chi connectivity index (χ3n) is 11.5. The highest BCUT2D eigenvalue weighted by molar-refractivity contribution is 5.75. The number of terminal acetylenes is 1.